The first-order chi connectivity index (χ1) is 8.01. The molecular weight excluding hydrogens is 218 g/mol. The number of nitrogens with one attached hydrogen (secondary N) is 1. The van der Waals surface area contributed by atoms with Crippen LogP contribution in [0.3, 0.4) is 0 Å². The second-order valence-electron chi connectivity index (χ2n) is 4.33. The molecule has 0 bridgehead atoms. The standard InChI is InChI=1S/C12H23N3O2/c1-8(11-7-13-15(4)10(11)3)14-9(2)12(16-5)17-6/h7-9,12,14H,1-6H3. The Kier molecular flexibility index (Phi) is 5.11. The third-order valence-electron chi connectivity index (χ3n) is 3.13. The molecule has 0 aliphatic heterocycles. The number of methoxy groups -OCH3 is 2. The molecule has 1 heterocycles. The maximum atomic E-state index is 5.23. The molecule has 98 valence electrons. The van der Waals surface area contributed by atoms with Crippen LogP contribution in [-0.4, -0.2) is 36.3 Å². The summed E-state index contributed by atoms with van der Waals surface area (Å²) in [5, 5.41) is 7.69. The van der Waals surface area contributed by atoms with E-state index in [0.717, 1.165) is 0 Å². The molecule has 5 heteroatoms. The van der Waals surface area contributed by atoms with Crippen molar-refractivity contribution in [2.75, 3.05) is 14.2 Å². The summed E-state index contributed by atoms with van der Waals surface area (Å²) < 4.78 is 12.3. The number of ether oxygens (including phenoxy) is 2. The molecule has 0 radical (unpaired) electrons. The highest BCUT2D eigenvalue weighted by Gasteiger charge is 2.20. The first-order valence-electron chi connectivity index (χ1n) is 5.81. The van der Waals surface area contributed by atoms with E-state index in [0.29, 0.717) is 0 Å². The maximum absolute atomic E-state index is 5.23. The number of rotatable bonds is 6. The zero-order chi connectivity index (χ0) is 13.0. The van der Waals surface area contributed by atoms with Gasteiger partial charge in [-0.25, -0.2) is 0 Å². The smallest absolute Gasteiger partial charge is 0.171 e. The Morgan fingerprint density at radius 1 is 1.29 bits per heavy atom. The van der Waals surface area contributed by atoms with E-state index in [1.165, 1.54) is 11.3 Å². The fourth-order valence-corrected chi connectivity index (χ4v) is 2.01. The molecule has 0 spiro atoms. The molecule has 0 amide bonds. The summed E-state index contributed by atoms with van der Waals surface area (Å²) in [6.45, 7) is 6.22. The van der Waals surface area contributed by atoms with E-state index >= 15 is 0 Å². The second-order valence-corrected chi connectivity index (χ2v) is 4.33. The van der Waals surface area contributed by atoms with E-state index in [4.69, 9.17) is 9.47 Å². The summed E-state index contributed by atoms with van der Waals surface area (Å²) in [6.07, 6.45) is 1.66. The summed E-state index contributed by atoms with van der Waals surface area (Å²) in [7, 11) is 5.24. The van der Waals surface area contributed by atoms with Crippen molar-refractivity contribution in [3.63, 3.8) is 0 Å². The molecule has 0 saturated heterocycles. The van der Waals surface area contributed by atoms with Crippen LogP contribution in [0.4, 0.5) is 0 Å². The van der Waals surface area contributed by atoms with Gasteiger partial charge in [-0.2, -0.15) is 5.10 Å². The van der Waals surface area contributed by atoms with Crippen LogP contribution in [0.1, 0.15) is 31.1 Å². The molecule has 2 atom stereocenters. The molecule has 2 unspecified atom stereocenters. The zero-order valence-corrected chi connectivity index (χ0v) is 11.5. The van der Waals surface area contributed by atoms with Crippen LogP contribution in [0, 0.1) is 6.92 Å². The molecule has 1 aromatic rings. The predicted molar refractivity (Wildman–Crippen MR) is 66.8 cm³/mol. The summed E-state index contributed by atoms with van der Waals surface area (Å²) in [4.78, 5) is 0. The van der Waals surface area contributed by atoms with E-state index in [1.807, 2.05) is 24.9 Å². The highest BCUT2D eigenvalue weighted by atomic mass is 16.7. The Morgan fingerprint density at radius 3 is 2.29 bits per heavy atom. The molecule has 1 N–H and O–H groups in total. The first kappa shape index (κ1) is 14.2. The minimum Gasteiger partial charge on any atom is -0.354 e. The van der Waals surface area contributed by atoms with Crippen LogP contribution in [-0.2, 0) is 16.5 Å². The fraction of sp³-hybridized carbons (Fsp3) is 0.750. The van der Waals surface area contributed by atoms with Gasteiger partial charge in [0.15, 0.2) is 6.29 Å². The van der Waals surface area contributed by atoms with Gasteiger partial charge in [0, 0.05) is 38.6 Å². The van der Waals surface area contributed by atoms with Crippen LogP contribution >= 0.6 is 0 Å². The molecule has 0 fully saturated rings. The van der Waals surface area contributed by atoms with Gasteiger partial charge in [-0.3, -0.25) is 4.68 Å². The van der Waals surface area contributed by atoms with Gasteiger partial charge in [0.05, 0.1) is 12.2 Å². The minimum atomic E-state index is -0.241. The molecule has 1 rings (SSSR count). The highest BCUT2D eigenvalue weighted by Crippen LogP contribution is 2.17. The third kappa shape index (κ3) is 3.28. The van der Waals surface area contributed by atoms with Crippen molar-refractivity contribution in [1.29, 1.82) is 0 Å². The van der Waals surface area contributed by atoms with Crippen LogP contribution in [0.2, 0.25) is 0 Å². The SMILES string of the molecule is COC(OC)C(C)NC(C)c1cnn(C)c1C. The van der Waals surface area contributed by atoms with E-state index < -0.39 is 0 Å². The largest absolute Gasteiger partial charge is 0.354 e. The van der Waals surface area contributed by atoms with Crippen molar-refractivity contribution in [2.24, 2.45) is 7.05 Å². The monoisotopic (exact) mass is 241 g/mol. The molecule has 1 aromatic heterocycles. The Hall–Kier alpha value is -0.910. The van der Waals surface area contributed by atoms with E-state index in [2.05, 4.69) is 24.3 Å². The number of hydrogen-bond acceptors (Lipinski definition) is 4. The quantitative estimate of drug-likeness (QED) is 0.765. The van der Waals surface area contributed by atoms with Crippen LogP contribution in [0.5, 0.6) is 0 Å². The summed E-state index contributed by atoms with van der Waals surface area (Å²) in [5.74, 6) is 0. The maximum Gasteiger partial charge on any atom is 0.171 e. The lowest BCUT2D eigenvalue weighted by Crippen LogP contribution is -2.40. The molecule has 0 aliphatic rings. The van der Waals surface area contributed by atoms with Gasteiger partial charge in [-0.05, 0) is 20.8 Å². The normalized spacial score (nSPS) is 15.2. The second kappa shape index (κ2) is 6.14. The Balaban J connectivity index is 2.66. The van der Waals surface area contributed by atoms with Gasteiger partial charge in [0.25, 0.3) is 0 Å². The van der Waals surface area contributed by atoms with Crippen LogP contribution in [0.25, 0.3) is 0 Å². The fourth-order valence-electron chi connectivity index (χ4n) is 2.01. The molecule has 0 saturated carbocycles. The van der Waals surface area contributed by atoms with Gasteiger partial charge in [0.2, 0.25) is 0 Å². The average molecular weight is 241 g/mol. The lowest BCUT2D eigenvalue weighted by atomic mass is 10.1. The third-order valence-corrected chi connectivity index (χ3v) is 3.13. The van der Waals surface area contributed by atoms with Gasteiger partial charge < -0.3 is 14.8 Å². The Labute approximate surface area is 103 Å². The van der Waals surface area contributed by atoms with Crippen molar-refractivity contribution in [3.8, 4) is 0 Å². The minimum absolute atomic E-state index is 0.111. The Morgan fingerprint density at radius 2 is 1.88 bits per heavy atom. The van der Waals surface area contributed by atoms with Crippen molar-refractivity contribution in [3.05, 3.63) is 17.5 Å². The van der Waals surface area contributed by atoms with Gasteiger partial charge in [-0.1, -0.05) is 0 Å². The molecular formula is C12H23N3O2. The summed E-state index contributed by atoms with van der Waals surface area (Å²) in [6, 6.07) is 0.325. The van der Waals surface area contributed by atoms with Crippen molar-refractivity contribution in [1.82, 2.24) is 15.1 Å². The van der Waals surface area contributed by atoms with Gasteiger partial charge >= 0.3 is 0 Å². The molecule has 0 aromatic carbocycles. The Bertz CT molecular complexity index is 348. The number of nitrogens with zero attached hydrogens (tertiary/aromatic N) is 2. The predicted octanol–water partition coefficient (Wildman–Crippen LogP) is 1.39. The van der Waals surface area contributed by atoms with Crippen molar-refractivity contribution in [2.45, 2.75) is 39.1 Å². The van der Waals surface area contributed by atoms with Crippen molar-refractivity contribution >= 4 is 0 Å². The summed E-state index contributed by atoms with van der Waals surface area (Å²) in [5.41, 5.74) is 2.37. The number of aryl methyl sites for hydroxylation is 1. The number of hydrogen-bond donors (Lipinski definition) is 1. The van der Waals surface area contributed by atoms with E-state index in [9.17, 15) is 0 Å². The van der Waals surface area contributed by atoms with E-state index in [1.54, 1.807) is 14.2 Å². The zero-order valence-electron chi connectivity index (χ0n) is 11.5. The van der Waals surface area contributed by atoms with Crippen LogP contribution < -0.4 is 5.32 Å². The molecule has 5 nitrogen and oxygen atoms in total. The van der Waals surface area contributed by atoms with E-state index in [-0.39, 0.29) is 18.4 Å². The number of aromatic nitrogens is 2. The van der Waals surface area contributed by atoms with Crippen LogP contribution in [0.15, 0.2) is 6.20 Å². The first-order valence-corrected chi connectivity index (χ1v) is 5.81. The molecule has 17 heavy (non-hydrogen) atoms. The average Bonchev–Trinajstić information content (AvgIpc) is 2.61. The van der Waals surface area contributed by atoms with Gasteiger partial charge in [-0.15, -0.1) is 0 Å². The highest BCUT2D eigenvalue weighted by molar-refractivity contribution is 5.19. The lowest BCUT2D eigenvalue weighted by Gasteiger charge is -2.25. The van der Waals surface area contributed by atoms with Gasteiger partial charge in [0.1, 0.15) is 0 Å². The topological polar surface area (TPSA) is 48.3 Å². The lowest BCUT2D eigenvalue weighted by molar-refractivity contribution is -0.120. The summed E-state index contributed by atoms with van der Waals surface area (Å²) >= 11 is 0. The molecule has 0 aliphatic carbocycles. The van der Waals surface area contributed by atoms with Crippen molar-refractivity contribution < 1.29 is 9.47 Å².